The molecule has 1 aromatic carbocycles. The summed E-state index contributed by atoms with van der Waals surface area (Å²) in [7, 11) is 0. The molecule has 0 saturated heterocycles. The lowest BCUT2D eigenvalue weighted by Gasteiger charge is -2.20. The molecule has 0 atom stereocenters. The first-order valence-electron chi connectivity index (χ1n) is 9.13. The van der Waals surface area contributed by atoms with E-state index in [1.807, 2.05) is 4.68 Å². The summed E-state index contributed by atoms with van der Waals surface area (Å²) < 4.78 is 2.04. The molecular formula is C20H29N3. The van der Waals surface area contributed by atoms with Crippen molar-refractivity contribution < 1.29 is 0 Å². The molecule has 124 valence electrons. The van der Waals surface area contributed by atoms with Crippen LogP contribution in [0, 0.1) is 0 Å². The number of aromatic nitrogens is 3. The van der Waals surface area contributed by atoms with Crippen LogP contribution in [0.1, 0.15) is 94.4 Å². The van der Waals surface area contributed by atoms with Crippen LogP contribution in [-0.2, 0) is 0 Å². The predicted octanol–water partition coefficient (Wildman–Crippen LogP) is 5.56. The monoisotopic (exact) mass is 311 g/mol. The van der Waals surface area contributed by atoms with Crippen LogP contribution in [0.25, 0.3) is 5.69 Å². The maximum Gasteiger partial charge on any atom is 0.0862 e. The Bertz CT molecular complexity index is 622. The molecular weight excluding hydrogens is 282 g/mol. The van der Waals surface area contributed by atoms with Gasteiger partial charge in [-0.2, -0.15) is 0 Å². The number of hydrogen-bond acceptors (Lipinski definition) is 2. The average molecular weight is 311 g/mol. The van der Waals surface area contributed by atoms with Gasteiger partial charge in [-0.15, -0.1) is 5.10 Å². The Hall–Kier alpha value is -1.64. The highest BCUT2D eigenvalue weighted by Gasteiger charge is 2.21. The van der Waals surface area contributed by atoms with Crippen molar-refractivity contribution in [3.05, 3.63) is 41.2 Å². The molecule has 0 aliphatic heterocycles. The topological polar surface area (TPSA) is 30.7 Å². The second kappa shape index (κ2) is 6.86. The van der Waals surface area contributed by atoms with Crippen LogP contribution in [-0.4, -0.2) is 15.0 Å². The molecule has 1 aliphatic carbocycles. The van der Waals surface area contributed by atoms with Crippen LogP contribution in [0.15, 0.2) is 24.4 Å². The molecule has 1 aliphatic rings. The van der Waals surface area contributed by atoms with Crippen LogP contribution < -0.4 is 0 Å². The summed E-state index contributed by atoms with van der Waals surface area (Å²) in [5, 5.41) is 9.04. The van der Waals surface area contributed by atoms with E-state index in [0.717, 1.165) is 0 Å². The van der Waals surface area contributed by atoms with Gasteiger partial charge in [-0.1, -0.05) is 70.4 Å². The summed E-state index contributed by atoms with van der Waals surface area (Å²) in [6.45, 7) is 9.01. The Kier molecular flexibility index (Phi) is 4.84. The predicted molar refractivity (Wildman–Crippen MR) is 95.4 cm³/mol. The van der Waals surface area contributed by atoms with Gasteiger partial charge in [0.15, 0.2) is 0 Å². The zero-order valence-electron chi connectivity index (χ0n) is 14.9. The molecule has 1 saturated carbocycles. The first kappa shape index (κ1) is 16.2. The molecule has 0 N–H and O–H groups in total. The van der Waals surface area contributed by atoms with Gasteiger partial charge in [0.2, 0.25) is 0 Å². The van der Waals surface area contributed by atoms with E-state index in [1.54, 1.807) is 0 Å². The van der Waals surface area contributed by atoms with Crippen LogP contribution in [0.4, 0.5) is 0 Å². The maximum atomic E-state index is 4.53. The normalized spacial score (nSPS) is 16.4. The van der Waals surface area contributed by atoms with E-state index < -0.39 is 0 Å². The van der Waals surface area contributed by atoms with Crippen molar-refractivity contribution in [2.75, 3.05) is 0 Å². The van der Waals surface area contributed by atoms with Crippen molar-refractivity contribution in [3.63, 3.8) is 0 Å². The molecule has 0 spiro atoms. The molecule has 0 bridgehead atoms. The number of para-hydroxylation sites is 1. The largest absolute Gasteiger partial charge is 0.220 e. The Morgan fingerprint density at radius 3 is 2.13 bits per heavy atom. The molecule has 0 amide bonds. The van der Waals surface area contributed by atoms with Crippen molar-refractivity contribution in [1.82, 2.24) is 15.0 Å². The molecule has 2 aromatic rings. The second-order valence-electron chi connectivity index (χ2n) is 7.52. The van der Waals surface area contributed by atoms with Crippen LogP contribution >= 0.6 is 0 Å². The Morgan fingerprint density at radius 2 is 1.57 bits per heavy atom. The summed E-state index contributed by atoms with van der Waals surface area (Å²) in [5.41, 5.74) is 5.14. The molecule has 1 fully saturated rings. The van der Waals surface area contributed by atoms with E-state index in [1.165, 1.54) is 54.6 Å². The fourth-order valence-electron chi connectivity index (χ4n) is 3.75. The van der Waals surface area contributed by atoms with Gasteiger partial charge >= 0.3 is 0 Å². The van der Waals surface area contributed by atoms with Crippen molar-refractivity contribution in [3.8, 4) is 5.69 Å². The van der Waals surface area contributed by atoms with E-state index in [0.29, 0.717) is 17.8 Å². The van der Waals surface area contributed by atoms with E-state index >= 15 is 0 Å². The zero-order valence-corrected chi connectivity index (χ0v) is 14.9. The Balaban J connectivity index is 2.02. The van der Waals surface area contributed by atoms with E-state index in [4.69, 9.17) is 0 Å². The number of benzene rings is 1. The molecule has 3 nitrogen and oxygen atoms in total. The number of rotatable bonds is 4. The number of hydrogen-bond donors (Lipinski definition) is 0. The van der Waals surface area contributed by atoms with Gasteiger partial charge < -0.3 is 0 Å². The van der Waals surface area contributed by atoms with Crippen LogP contribution in [0.3, 0.4) is 0 Å². The minimum Gasteiger partial charge on any atom is -0.220 e. The smallest absolute Gasteiger partial charge is 0.0862 e. The fraction of sp³-hybridized carbons (Fsp3) is 0.600. The molecule has 0 radical (unpaired) electrons. The SMILES string of the molecule is CC(C)c1cccc(C(C)C)c1-n1cc(C2CCCCC2)nn1. The standard InChI is InChI=1S/C20H29N3/c1-14(2)17-11-8-12-18(15(3)4)20(17)23-13-19(21-22-23)16-9-6-5-7-10-16/h8,11-16H,5-7,9-10H2,1-4H3. The average Bonchev–Trinajstić information content (AvgIpc) is 3.04. The quantitative estimate of drug-likeness (QED) is 0.740. The highest BCUT2D eigenvalue weighted by Crippen LogP contribution is 2.34. The summed E-state index contributed by atoms with van der Waals surface area (Å²) >= 11 is 0. The van der Waals surface area contributed by atoms with Crippen LogP contribution in [0.5, 0.6) is 0 Å². The van der Waals surface area contributed by atoms with E-state index in [2.05, 4.69) is 62.4 Å². The molecule has 1 aromatic heterocycles. The van der Waals surface area contributed by atoms with Gasteiger partial charge in [-0.3, -0.25) is 0 Å². The lowest BCUT2D eigenvalue weighted by atomic mass is 9.87. The zero-order chi connectivity index (χ0) is 16.4. The molecule has 3 rings (SSSR count). The van der Waals surface area contributed by atoms with Crippen molar-refractivity contribution in [2.45, 2.75) is 77.6 Å². The first-order valence-corrected chi connectivity index (χ1v) is 9.13. The molecule has 0 unspecified atom stereocenters. The Morgan fingerprint density at radius 1 is 0.957 bits per heavy atom. The third-order valence-corrected chi connectivity index (χ3v) is 5.11. The summed E-state index contributed by atoms with van der Waals surface area (Å²) in [6.07, 6.45) is 8.75. The van der Waals surface area contributed by atoms with Gasteiger partial charge in [-0.05, 0) is 35.8 Å². The summed E-state index contributed by atoms with van der Waals surface area (Å²) in [6, 6.07) is 6.63. The molecule has 23 heavy (non-hydrogen) atoms. The summed E-state index contributed by atoms with van der Waals surface area (Å²) in [5.74, 6) is 1.56. The van der Waals surface area contributed by atoms with E-state index in [-0.39, 0.29) is 0 Å². The minimum absolute atomic E-state index is 0.478. The lowest BCUT2D eigenvalue weighted by molar-refractivity contribution is 0.436. The van der Waals surface area contributed by atoms with E-state index in [9.17, 15) is 0 Å². The number of nitrogens with zero attached hydrogens (tertiary/aromatic N) is 3. The maximum absolute atomic E-state index is 4.53. The van der Waals surface area contributed by atoms with Gasteiger partial charge in [-0.25, -0.2) is 4.68 Å². The van der Waals surface area contributed by atoms with Crippen molar-refractivity contribution >= 4 is 0 Å². The third kappa shape index (κ3) is 3.34. The van der Waals surface area contributed by atoms with Gasteiger partial charge in [0.05, 0.1) is 17.6 Å². The van der Waals surface area contributed by atoms with Gasteiger partial charge in [0, 0.05) is 5.92 Å². The van der Waals surface area contributed by atoms with Crippen molar-refractivity contribution in [2.24, 2.45) is 0 Å². The summed E-state index contributed by atoms with van der Waals surface area (Å²) in [4.78, 5) is 0. The lowest BCUT2D eigenvalue weighted by Crippen LogP contribution is -2.08. The molecule has 3 heteroatoms. The Labute approximate surface area is 140 Å². The minimum atomic E-state index is 0.478. The highest BCUT2D eigenvalue weighted by molar-refractivity contribution is 5.50. The third-order valence-electron chi connectivity index (χ3n) is 5.11. The first-order chi connectivity index (χ1) is 11.1. The van der Waals surface area contributed by atoms with Gasteiger partial charge in [0.1, 0.15) is 0 Å². The fourth-order valence-corrected chi connectivity index (χ4v) is 3.75. The van der Waals surface area contributed by atoms with Crippen LogP contribution in [0.2, 0.25) is 0 Å². The van der Waals surface area contributed by atoms with Crippen molar-refractivity contribution in [1.29, 1.82) is 0 Å². The second-order valence-corrected chi connectivity index (χ2v) is 7.52. The van der Waals surface area contributed by atoms with Gasteiger partial charge in [0.25, 0.3) is 0 Å². The highest BCUT2D eigenvalue weighted by atomic mass is 15.4. The molecule has 1 heterocycles.